The van der Waals surface area contributed by atoms with Gasteiger partial charge in [-0.25, -0.2) is 0 Å². The number of aromatic nitrogens is 2. The number of ether oxygens (including phenoxy) is 1. The maximum absolute atomic E-state index is 5.71. The molecule has 0 saturated carbocycles. The third-order valence-electron chi connectivity index (χ3n) is 2.96. The van der Waals surface area contributed by atoms with Crippen molar-refractivity contribution in [2.24, 2.45) is 0 Å². The van der Waals surface area contributed by atoms with E-state index in [1.54, 1.807) is 0 Å². The van der Waals surface area contributed by atoms with Crippen LogP contribution in [0.5, 0.6) is 11.6 Å². The summed E-state index contributed by atoms with van der Waals surface area (Å²) in [7, 11) is 0. The van der Waals surface area contributed by atoms with Crippen LogP contribution in [0.2, 0.25) is 0 Å². The second-order valence-corrected chi connectivity index (χ2v) is 4.64. The fraction of sp³-hybridized carbons (Fsp3) is 0.375. The van der Waals surface area contributed by atoms with Gasteiger partial charge in [-0.1, -0.05) is 26.0 Å². The van der Waals surface area contributed by atoms with Crippen LogP contribution in [-0.2, 0) is 13.0 Å². The Kier molecular flexibility index (Phi) is 5.50. The molecule has 0 fully saturated rings. The Balaban J connectivity index is 1.95. The second kappa shape index (κ2) is 7.60. The molecule has 20 heavy (non-hydrogen) atoms. The lowest BCUT2D eigenvalue weighted by Gasteiger charge is -2.06. The van der Waals surface area contributed by atoms with E-state index >= 15 is 0 Å². The molecule has 0 unspecified atom stereocenters. The Morgan fingerprint density at radius 1 is 1.10 bits per heavy atom. The van der Waals surface area contributed by atoms with Gasteiger partial charge in [0.15, 0.2) is 0 Å². The van der Waals surface area contributed by atoms with E-state index in [1.807, 2.05) is 30.3 Å². The first-order valence-electron chi connectivity index (χ1n) is 7.12. The second-order valence-electron chi connectivity index (χ2n) is 4.64. The van der Waals surface area contributed by atoms with E-state index in [9.17, 15) is 0 Å². The molecule has 2 aromatic rings. The molecule has 0 spiro atoms. The molecule has 0 aliphatic rings. The zero-order valence-electron chi connectivity index (χ0n) is 12.1. The van der Waals surface area contributed by atoms with Crippen molar-refractivity contribution >= 4 is 0 Å². The van der Waals surface area contributed by atoms with Crippen LogP contribution in [-0.4, -0.2) is 16.7 Å². The van der Waals surface area contributed by atoms with Crippen LogP contribution in [0.15, 0.2) is 36.4 Å². The average molecular weight is 271 g/mol. The van der Waals surface area contributed by atoms with Crippen LogP contribution < -0.4 is 10.1 Å². The summed E-state index contributed by atoms with van der Waals surface area (Å²) in [6, 6.07) is 11.8. The third-order valence-corrected chi connectivity index (χ3v) is 2.96. The molecular formula is C16H21N3O. The highest BCUT2D eigenvalue weighted by atomic mass is 16.5. The lowest BCUT2D eigenvalue weighted by Crippen LogP contribution is -2.15. The van der Waals surface area contributed by atoms with Gasteiger partial charge in [-0.05, 0) is 43.1 Å². The van der Waals surface area contributed by atoms with Crippen molar-refractivity contribution in [1.29, 1.82) is 0 Å². The topological polar surface area (TPSA) is 47.0 Å². The Labute approximate surface area is 120 Å². The first-order valence-corrected chi connectivity index (χ1v) is 7.12. The monoisotopic (exact) mass is 271 g/mol. The summed E-state index contributed by atoms with van der Waals surface area (Å²) in [4.78, 5) is 0. The Morgan fingerprint density at radius 3 is 2.70 bits per heavy atom. The molecule has 0 aliphatic heterocycles. The summed E-state index contributed by atoms with van der Waals surface area (Å²) in [5.41, 5.74) is 2.17. The van der Waals surface area contributed by atoms with Crippen molar-refractivity contribution in [3.8, 4) is 11.6 Å². The first kappa shape index (κ1) is 14.5. The minimum atomic E-state index is 0.525. The maximum Gasteiger partial charge on any atom is 0.238 e. The SMILES string of the molecule is CCCNCc1ccc(Oc2cccc(CC)c2)nn1. The van der Waals surface area contributed by atoms with Crippen molar-refractivity contribution in [2.75, 3.05) is 6.54 Å². The highest BCUT2D eigenvalue weighted by molar-refractivity contribution is 5.31. The van der Waals surface area contributed by atoms with Crippen LogP contribution in [0, 0.1) is 0 Å². The van der Waals surface area contributed by atoms with Crippen molar-refractivity contribution in [2.45, 2.75) is 33.2 Å². The summed E-state index contributed by atoms with van der Waals surface area (Å²) in [5, 5.41) is 11.5. The van der Waals surface area contributed by atoms with Gasteiger partial charge in [0.25, 0.3) is 0 Å². The molecule has 4 nitrogen and oxygen atoms in total. The molecule has 1 aromatic heterocycles. The molecule has 1 heterocycles. The number of hydrogen-bond donors (Lipinski definition) is 1. The summed E-state index contributed by atoms with van der Waals surface area (Å²) < 4.78 is 5.71. The highest BCUT2D eigenvalue weighted by Crippen LogP contribution is 2.20. The van der Waals surface area contributed by atoms with Gasteiger partial charge in [0.2, 0.25) is 5.88 Å². The summed E-state index contributed by atoms with van der Waals surface area (Å²) >= 11 is 0. The molecule has 1 N–H and O–H groups in total. The van der Waals surface area contributed by atoms with Crippen LogP contribution in [0.1, 0.15) is 31.5 Å². The van der Waals surface area contributed by atoms with Gasteiger partial charge in [0.1, 0.15) is 5.75 Å². The summed E-state index contributed by atoms with van der Waals surface area (Å²) in [5.74, 6) is 1.33. The van der Waals surface area contributed by atoms with E-state index in [0.29, 0.717) is 5.88 Å². The molecule has 0 atom stereocenters. The van der Waals surface area contributed by atoms with Crippen molar-refractivity contribution in [3.63, 3.8) is 0 Å². The van der Waals surface area contributed by atoms with Crippen molar-refractivity contribution in [1.82, 2.24) is 15.5 Å². The number of nitrogens with one attached hydrogen (secondary N) is 1. The third kappa shape index (κ3) is 4.31. The Bertz CT molecular complexity index is 526. The van der Waals surface area contributed by atoms with Gasteiger partial charge in [0.05, 0.1) is 5.69 Å². The van der Waals surface area contributed by atoms with Crippen LogP contribution in [0.3, 0.4) is 0 Å². The van der Waals surface area contributed by atoms with Gasteiger partial charge < -0.3 is 10.1 Å². The molecule has 0 saturated heterocycles. The molecule has 1 aromatic carbocycles. The normalized spacial score (nSPS) is 10.5. The van der Waals surface area contributed by atoms with Crippen LogP contribution in [0.25, 0.3) is 0 Å². The number of nitrogens with zero attached hydrogens (tertiary/aromatic N) is 2. The average Bonchev–Trinajstić information content (AvgIpc) is 2.49. The van der Waals surface area contributed by atoms with E-state index in [2.05, 4.69) is 35.4 Å². The minimum Gasteiger partial charge on any atom is -0.438 e. The molecule has 2 rings (SSSR count). The van der Waals surface area contributed by atoms with Crippen molar-refractivity contribution < 1.29 is 4.74 Å². The smallest absolute Gasteiger partial charge is 0.238 e. The zero-order chi connectivity index (χ0) is 14.2. The van der Waals surface area contributed by atoms with Gasteiger partial charge in [-0.2, -0.15) is 5.10 Å². The zero-order valence-corrected chi connectivity index (χ0v) is 12.1. The fourth-order valence-corrected chi connectivity index (χ4v) is 1.84. The fourth-order valence-electron chi connectivity index (χ4n) is 1.84. The van der Waals surface area contributed by atoms with Gasteiger partial charge in [-0.15, -0.1) is 5.10 Å². The lowest BCUT2D eigenvalue weighted by molar-refractivity contribution is 0.452. The number of aryl methyl sites for hydroxylation is 1. The van der Waals surface area contributed by atoms with Gasteiger partial charge >= 0.3 is 0 Å². The highest BCUT2D eigenvalue weighted by Gasteiger charge is 2.01. The standard InChI is InChI=1S/C16H21N3O/c1-3-10-17-12-14-8-9-16(19-18-14)20-15-7-5-6-13(4-2)11-15/h5-9,11,17H,3-4,10,12H2,1-2H3. The van der Waals surface area contributed by atoms with E-state index in [1.165, 1.54) is 5.56 Å². The molecule has 4 heteroatoms. The van der Waals surface area contributed by atoms with Gasteiger partial charge in [-0.3, -0.25) is 0 Å². The van der Waals surface area contributed by atoms with E-state index in [-0.39, 0.29) is 0 Å². The van der Waals surface area contributed by atoms with Crippen LogP contribution >= 0.6 is 0 Å². The summed E-state index contributed by atoms with van der Waals surface area (Å²) in [6.07, 6.45) is 2.10. The van der Waals surface area contributed by atoms with E-state index in [0.717, 1.165) is 37.4 Å². The van der Waals surface area contributed by atoms with Crippen LogP contribution in [0.4, 0.5) is 0 Å². The molecule has 0 aliphatic carbocycles. The minimum absolute atomic E-state index is 0.525. The first-order chi connectivity index (χ1) is 9.81. The molecule has 0 amide bonds. The van der Waals surface area contributed by atoms with E-state index < -0.39 is 0 Å². The molecular weight excluding hydrogens is 250 g/mol. The quantitative estimate of drug-likeness (QED) is 0.785. The predicted molar refractivity (Wildman–Crippen MR) is 79.9 cm³/mol. The van der Waals surface area contributed by atoms with Gasteiger partial charge in [0, 0.05) is 12.6 Å². The number of benzene rings is 1. The number of rotatable bonds is 7. The lowest BCUT2D eigenvalue weighted by atomic mass is 10.2. The molecule has 0 bridgehead atoms. The van der Waals surface area contributed by atoms with E-state index in [4.69, 9.17) is 4.74 Å². The molecule has 106 valence electrons. The molecule has 0 radical (unpaired) electrons. The maximum atomic E-state index is 5.71. The predicted octanol–water partition coefficient (Wildman–Crippen LogP) is 3.33. The number of hydrogen-bond acceptors (Lipinski definition) is 4. The van der Waals surface area contributed by atoms with Crippen molar-refractivity contribution in [3.05, 3.63) is 47.7 Å². The Morgan fingerprint density at radius 2 is 2.00 bits per heavy atom. The Hall–Kier alpha value is -1.94. The largest absolute Gasteiger partial charge is 0.438 e. The summed E-state index contributed by atoms with van der Waals surface area (Å²) in [6.45, 7) is 5.99.